The Balaban J connectivity index is 3.54. The molecule has 0 aliphatic heterocycles. The Morgan fingerprint density at radius 1 is 1.57 bits per heavy atom. The third-order valence-electron chi connectivity index (χ3n) is 2.14. The molecule has 0 bridgehead atoms. The Morgan fingerprint density at radius 2 is 2.21 bits per heavy atom. The Hall–Kier alpha value is -0.610. The summed E-state index contributed by atoms with van der Waals surface area (Å²) in [6.07, 6.45) is 2.93. The van der Waals surface area contributed by atoms with Crippen molar-refractivity contribution in [1.29, 1.82) is 0 Å². The first-order valence-electron chi connectivity index (χ1n) is 5.26. The molecule has 2 atom stereocenters. The lowest BCUT2D eigenvalue weighted by Gasteiger charge is -2.13. The number of aliphatic hydroxyl groups is 1. The monoisotopic (exact) mass is 202 g/mol. The quantitative estimate of drug-likeness (QED) is 0.559. The van der Waals surface area contributed by atoms with Gasteiger partial charge in [0.2, 0.25) is 5.91 Å². The second kappa shape index (κ2) is 7.76. The van der Waals surface area contributed by atoms with Crippen LogP contribution in [0.2, 0.25) is 0 Å². The molecule has 0 aromatic rings. The lowest BCUT2D eigenvalue weighted by Crippen LogP contribution is -2.36. The minimum Gasteiger partial charge on any atom is -0.394 e. The van der Waals surface area contributed by atoms with E-state index < -0.39 is 0 Å². The first kappa shape index (κ1) is 13.4. The largest absolute Gasteiger partial charge is 0.394 e. The summed E-state index contributed by atoms with van der Waals surface area (Å²) in [5.74, 6) is 0.00606. The number of hydrogen-bond acceptors (Lipinski definition) is 3. The maximum atomic E-state index is 11.3. The maximum Gasteiger partial charge on any atom is 0.220 e. The van der Waals surface area contributed by atoms with Crippen molar-refractivity contribution in [3.8, 4) is 0 Å². The van der Waals surface area contributed by atoms with E-state index >= 15 is 0 Å². The normalized spacial score (nSPS) is 14.9. The summed E-state index contributed by atoms with van der Waals surface area (Å²) in [5.41, 5.74) is 5.56. The molecule has 4 N–H and O–H groups in total. The summed E-state index contributed by atoms with van der Waals surface area (Å²) in [4.78, 5) is 11.3. The number of carbonyl (C=O) groups is 1. The molecule has 4 nitrogen and oxygen atoms in total. The van der Waals surface area contributed by atoms with Crippen LogP contribution in [0.5, 0.6) is 0 Å². The van der Waals surface area contributed by atoms with Gasteiger partial charge in [-0.1, -0.05) is 6.92 Å². The number of nitrogens with two attached hydrogens (primary N) is 1. The summed E-state index contributed by atoms with van der Waals surface area (Å²) in [5, 5.41) is 11.6. The maximum absolute atomic E-state index is 11.3. The zero-order valence-corrected chi connectivity index (χ0v) is 9.12. The Bertz CT molecular complexity index is 156. The van der Waals surface area contributed by atoms with Crippen LogP contribution in [-0.4, -0.2) is 29.7 Å². The number of aliphatic hydroxyl groups excluding tert-OH is 1. The zero-order valence-electron chi connectivity index (χ0n) is 9.12. The van der Waals surface area contributed by atoms with Crippen LogP contribution in [0.4, 0.5) is 0 Å². The van der Waals surface area contributed by atoms with Crippen LogP contribution in [0.25, 0.3) is 0 Å². The molecule has 4 heteroatoms. The molecule has 84 valence electrons. The second-order valence-corrected chi connectivity index (χ2v) is 3.72. The van der Waals surface area contributed by atoms with Gasteiger partial charge in [-0.25, -0.2) is 0 Å². The topological polar surface area (TPSA) is 75.3 Å². The molecule has 14 heavy (non-hydrogen) atoms. The summed E-state index contributed by atoms with van der Waals surface area (Å²) in [7, 11) is 0. The number of nitrogens with one attached hydrogen (secondary N) is 1. The number of amides is 1. The molecule has 0 aromatic heterocycles. The van der Waals surface area contributed by atoms with Crippen molar-refractivity contribution in [3.05, 3.63) is 0 Å². The molecular weight excluding hydrogens is 180 g/mol. The first-order valence-corrected chi connectivity index (χ1v) is 5.26. The SMILES string of the molecule is CCC(CO)NC(=O)CCCC(C)N. The molecule has 0 saturated carbocycles. The van der Waals surface area contributed by atoms with Crippen molar-refractivity contribution >= 4 is 5.91 Å². The van der Waals surface area contributed by atoms with Crippen LogP contribution in [0.15, 0.2) is 0 Å². The highest BCUT2D eigenvalue weighted by Crippen LogP contribution is 1.99. The number of hydrogen-bond donors (Lipinski definition) is 3. The second-order valence-electron chi connectivity index (χ2n) is 3.72. The van der Waals surface area contributed by atoms with E-state index in [-0.39, 0.29) is 24.6 Å². The average molecular weight is 202 g/mol. The van der Waals surface area contributed by atoms with E-state index in [9.17, 15) is 4.79 Å². The van der Waals surface area contributed by atoms with Gasteiger partial charge in [-0.2, -0.15) is 0 Å². The molecule has 0 radical (unpaired) electrons. The minimum absolute atomic E-state index is 0.00606. The fourth-order valence-corrected chi connectivity index (χ4v) is 1.16. The molecule has 0 aromatic carbocycles. The summed E-state index contributed by atoms with van der Waals surface area (Å²) in [6, 6.07) is 0.0559. The highest BCUT2D eigenvalue weighted by molar-refractivity contribution is 5.76. The van der Waals surface area contributed by atoms with E-state index in [1.165, 1.54) is 0 Å². The van der Waals surface area contributed by atoms with Crippen LogP contribution in [0.1, 0.15) is 39.5 Å². The van der Waals surface area contributed by atoms with Gasteiger partial charge in [0.1, 0.15) is 0 Å². The third-order valence-corrected chi connectivity index (χ3v) is 2.14. The van der Waals surface area contributed by atoms with E-state index in [1.807, 2.05) is 13.8 Å². The Labute approximate surface area is 85.9 Å². The highest BCUT2D eigenvalue weighted by Gasteiger charge is 2.08. The summed E-state index contributed by atoms with van der Waals surface area (Å²) < 4.78 is 0. The van der Waals surface area contributed by atoms with Gasteiger partial charge in [-0.15, -0.1) is 0 Å². The van der Waals surface area contributed by atoms with Gasteiger partial charge in [-0.05, 0) is 26.2 Å². The molecule has 1 amide bonds. The van der Waals surface area contributed by atoms with E-state index in [1.54, 1.807) is 0 Å². The van der Waals surface area contributed by atoms with Crippen LogP contribution in [0.3, 0.4) is 0 Å². The van der Waals surface area contributed by atoms with Crippen LogP contribution < -0.4 is 11.1 Å². The molecular formula is C10H22N2O2. The van der Waals surface area contributed by atoms with Gasteiger partial charge < -0.3 is 16.2 Å². The third kappa shape index (κ3) is 6.86. The number of carbonyl (C=O) groups excluding carboxylic acids is 1. The van der Waals surface area contributed by atoms with Crippen molar-refractivity contribution in [3.63, 3.8) is 0 Å². The van der Waals surface area contributed by atoms with Crippen molar-refractivity contribution in [2.45, 2.75) is 51.6 Å². The average Bonchev–Trinajstić information content (AvgIpc) is 2.13. The number of rotatable bonds is 7. The van der Waals surface area contributed by atoms with Gasteiger partial charge in [0, 0.05) is 12.5 Å². The molecule has 0 rings (SSSR count). The zero-order chi connectivity index (χ0) is 11.0. The van der Waals surface area contributed by atoms with E-state index in [2.05, 4.69) is 5.32 Å². The first-order chi connectivity index (χ1) is 6.60. The molecule has 0 spiro atoms. The van der Waals surface area contributed by atoms with Gasteiger partial charge >= 0.3 is 0 Å². The molecule has 0 saturated heterocycles. The highest BCUT2D eigenvalue weighted by atomic mass is 16.3. The molecule has 0 heterocycles. The summed E-state index contributed by atoms with van der Waals surface area (Å²) >= 11 is 0. The van der Waals surface area contributed by atoms with Gasteiger partial charge in [0.25, 0.3) is 0 Å². The van der Waals surface area contributed by atoms with E-state index in [0.717, 1.165) is 19.3 Å². The molecule has 0 fully saturated rings. The Morgan fingerprint density at radius 3 is 2.64 bits per heavy atom. The van der Waals surface area contributed by atoms with Crippen LogP contribution in [0, 0.1) is 0 Å². The van der Waals surface area contributed by atoms with Crippen molar-refractivity contribution in [1.82, 2.24) is 5.32 Å². The lowest BCUT2D eigenvalue weighted by molar-refractivity contribution is -0.122. The van der Waals surface area contributed by atoms with Crippen molar-refractivity contribution < 1.29 is 9.90 Å². The van der Waals surface area contributed by atoms with Crippen molar-refractivity contribution in [2.75, 3.05) is 6.61 Å². The fraction of sp³-hybridized carbons (Fsp3) is 0.900. The predicted octanol–water partition coefficient (Wildman–Crippen LogP) is 0.391. The van der Waals surface area contributed by atoms with E-state index in [0.29, 0.717) is 6.42 Å². The van der Waals surface area contributed by atoms with Crippen molar-refractivity contribution in [2.24, 2.45) is 5.73 Å². The fourth-order valence-electron chi connectivity index (χ4n) is 1.16. The van der Waals surface area contributed by atoms with Gasteiger partial charge in [-0.3, -0.25) is 4.79 Å². The summed E-state index contributed by atoms with van der Waals surface area (Å²) in [6.45, 7) is 3.87. The smallest absolute Gasteiger partial charge is 0.220 e. The van der Waals surface area contributed by atoms with Gasteiger partial charge in [0.15, 0.2) is 0 Å². The Kier molecular flexibility index (Phi) is 7.42. The molecule has 0 aliphatic carbocycles. The predicted molar refractivity (Wildman–Crippen MR) is 56.8 cm³/mol. The van der Waals surface area contributed by atoms with E-state index in [4.69, 9.17) is 10.8 Å². The van der Waals surface area contributed by atoms with Gasteiger partial charge in [0.05, 0.1) is 12.6 Å². The lowest BCUT2D eigenvalue weighted by atomic mass is 10.1. The van der Waals surface area contributed by atoms with Crippen LogP contribution >= 0.6 is 0 Å². The minimum atomic E-state index is -0.0993. The molecule has 2 unspecified atom stereocenters. The molecule has 0 aliphatic rings. The van der Waals surface area contributed by atoms with Crippen LogP contribution in [-0.2, 0) is 4.79 Å². The standard InChI is InChI=1S/C10H22N2O2/c1-3-9(7-13)12-10(14)6-4-5-8(2)11/h8-9,13H,3-7,11H2,1-2H3,(H,12,14).